The van der Waals surface area contributed by atoms with E-state index in [9.17, 15) is 20.4 Å². The fourth-order valence-corrected chi connectivity index (χ4v) is 4.98. The highest BCUT2D eigenvalue weighted by atomic mass is 16.4. The van der Waals surface area contributed by atoms with Crippen molar-refractivity contribution in [1.82, 2.24) is 4.90 Å². The van der Waals surface area contributed by atoms with Gasteiger partial charge in [0.25, 0.3) is 0 Å². The second-order valence-corrected chi connectivity index (χ2v) is 9.88. The number of aliphatic hydroxyl groups excluding tert-OH is 5. The molecule has 2 rings (SSSR count). The summed E-state index contributed by atoms with van der Waals surface area (Å²) in [6.07, 6.45) is 6.04. The average Bonchev–Trinajstić information content (AvgIpc) is 2.82. The van der Waals surface area contributed by atoms with Gasteiger partial charge in [-0.2, -0.15) is 0 Å². The van der Waals surface area contributed by atoms with Gasteiger partial charge in [0.15, 0.2) is 0 Å². The Morgan fingerprint density at radius 3 is 2.12 bits per heavy atom. The summed E-state index contributed by atoms with van der Waals surface area (Å²) >= 11 is 0. The Balaban J connectivity index is 1.99. The summed E-state index contributed by atoms with van der Waals surface area (Å²) in [5.41, 5.74) is 2.55. The summed E-state index contributed by atoms with van der Waals surface area (Å²) in [6, 6.07) is 8.73. The third kappa shape index (κ3) is 8.73. The van der Waals surface area contributed by atoms with Crippen LogP contribution >= 0.6 is 0 Å². The summed E-state index contributed by atoms with van der Waals surface area (Å²) in [4.78, 5) is 1.89. The maximum atomic E-state index is 10.3. The number of hydrogen-bond acceptors (Lipinski definition) is 6. The number of hydrogen-bond donors (Lipinski definition) is 5. The first-order valence-corrected chi connectivity index (χ1v) is 12.4. The molecule has 6 atom stereocenters. The molecule has 1 saturated carbocycles. The standard InChI is InChI=1S/C26H45NO5/c1-19-11-8-6-4-3-5-7-9-14-22(19)21-13-10-12-20(15-21)16-27(2)17-23(29)25(31)26(32)24(30)18-28/h10,12-13,15,19,22-26,28-32H,3-9,11,14,16-18H2,1-2H3. The lowest BCUT2D eigenvalue weighted by Gasteiger charge is -2.29. The van der Waals surface area contributed by atoms with Gasteiger partial charge < -0.3 is 25.5 Å². The van der Waals surface area contributed by atoms with Crippen molar-refractivity contribution in [3.63, 3.8) is 0 Å². The quantitative estimate of drug-likeness (QED) is 0.396. The first-order valence-electron chi connectivity index (χ1n) is 12.4. The molecule has 32 heavy (non-hydrogen) atoms. The zero-order valence-corrected chi connectivity index (χ0v) is 19.9. The molecule has 0 aliphatic heterocycles. The van der Waals surface area contributed by atoms with Gasteiger partial charge in [0, 0.05) is 13.1 Å². The molecule has 0 spiro atoms. The van der Waals surface area contributed by atoms with Crippen LogP contribution in [-0.2, 0) is 6.54 Å². The van der Waals surface area contributed by atoms with Crippen LogP contribution in [0.25, 0.3) is 0 Å². The number of likely N-dealkylation sites (N-methyl/N-ethyl adjacent to an activating group) is 1. The molecule has 6 heteroatoms. The van der Waals surface area contributed by atoms with Crippen LogP contribution in [-0.4, -0.2) is 75.0 Å². The van der Waals surface area contributed by atoms with Crippen molar-refractivity contribution in [3.8, 4) is 0 Å². The molecule has 0 saturated heterocycles. The third-order valence-electron chi connectivity index (χ3n) is 7.02. The van der Waals surface area contributed by atoms with Crippen LogP contribution in [0.1, 0.15) is 81.8 Å². The fourth-order valence-electron chi connectivity index (χ4n) is 4.98. The highest BCUT2D eigenvalue weighted by molar-refractivity contribution is 5.27. The van der Waals surface area contributed by atoms with Crippen LogP contribution < -0.4 is 0 Å². The zero-order chi connectivity index (χ0) is 23.5. The lowest BCUT2D eigenvalue weighted by molar-refractivity contribution is -0.118. The maximum Gasteiger partial charge on any atom is 0.111 e. The second kappa shape index (κ2) is 14.3. The van der Waals surface area contributed by atoms with E-state index in [0.29, 0.717) is 18.4 Å². The largest absolute Gasteiger partial charge is 0.394 e. The summed E-state index contributed by atoms with van der Waals surface area (Å²) in [7, 11) is 1.85. The van der Waals surface area contributed by atoms with Crippen molar-refractivity contribution in [2.45, 2.75) is 102 Å². The summed E-state index contributed by atoms with van der Waals surface area (Å²) < 4.78 is 0. The highest BCUT2D eigenvalue weighted by Gasteiger charge is 2.30. The average molecular weight is 452 g/mol. The van der Waals surface area contributed by atoms with Gasteiger partial charge >= 0.3 is 0 Å². The monoisotopic (exact) mass is 451 g/mol. The molecule has 0 radical (unpaired) electrons. The van der Waals surface area contributed by atoms with Crippen LogP contribution in [0.5, 0.6) is 0 Å². The number of nitrogens with zero attached hydrogens (tertiary/aromatic N) is 1. The molecule has 184 valence electrons. The molecular weight excluding hydrogens is 406 g/mol. The van der Waals surface area contributed by atoms with Gasteiger partial charge in [-0.05, 0) is 36.4 Å². The van der Waals surface area contributed by atoms with Gasteiger partial charge in [-0.15, -0.1) is 0 Å². The molecule has 6 nitrogen and oxygen atoms in total. The van der Waals surface area contributed by atoms with Gasteiger partial charge in [0.05, 0.1) is 12.7 Å². The SMILES string of the molecule is CC1CCCCCCCCCC1c1cccc(CN(C)CC(O)C(O)C(O)C(O)CO)c1. The van der Waals surface area contributed by atoms with E-state index < -0.39 is 31.0 Å². The number of benzene rings is 1. The van der Waals surface area contributed by atoms with E-state index in [1.807, 2.05) is 11.9 Å². The van der Waals surface area contributed by atoms with Crippen LogP contribution in [0.4, 0.5) is 0 Å². The smallest absolute Gasteiger partial charge is 0.111 e. The number of aliphatic hydroxyl groups is 5. The van der Waals surface area contributed by atoms with E-state index >= 15 is 0 Å². The first-order chi connectivity index (χ1) is 15.3. The van der Waals surface area contributed by atoms with Crippen molar-refractivity contribution >= 4 is 0 Å². The molecular formula is C26H45NO5. The maximum absolute atomic E-state index is 10.3. The van der Waals surface area contributed by atoms with Crippen LogP contribution in [0.2, 0.25) is 0 Å². The minimum atomic E-state index is -1.59. The molecule has 0 amide bonds. The molecule has 0 heterocycles. The molecule has 1 aliphatic rings. The van der Waals surface area contributed by atoms with E-state index in [1.54, 1.807) is 0 Å². The van der Waals surface area contributed by atoms with Gasteiger partial charge in [0.2, 0.25) is 0 Å². The third-order valence-corrected chi connectivity index (χ3v) is 7.02. The predicted octanol–water partition coefficient (Wildman–Crippen LogP) is 2.80. The lowest BCUT2D eigenvalue weighted by atomic mass is 9.80. The topological polar surface area (TPSA) is 104 Å². The summed E-state index contributed by atoms with van der Waals surface area (Å²) in [5, 5.41) is 48.6. The molecule has 5 N–H and O–H groups in total. The van der Waals surface area contributed by atoms with Crippen LogP contribution in [0.3, 0.4) is 0 Å². The molecule has 1 aromatic rings. The summed E-state index contributed by atoms with van der Waals surface area (Å²) in [6.45, 7) is 2.47. The number of rotatable bonds is 9. The fraction of sp³-hybridized carbons (Fsp3) is 0.769. The predicted molar refractivity (Wildman–Crippen MR) is 127 cm³/mol. The lowest BCUT2D eigenvalue weighted by Crippen LogP contribution is -2.49. The Morgan fingerprint density at radius 2 is 1.47 bits per heavy atom. The molecule has 1 fully saturated rings. The molecule has 1 aliphatic carbocycles. The molecule has 0 aromatic heterocycles. The normalized spacial score (nSPS) is 25.0. The van der Waals surface area contributed by atoms with Gasteiger partial charge in [-0.1, -0.05) is 82.6 Å². The van der Waals surface area contributed by atoms with E-state index in [-0.39, 0.29) is 6.54 Å². The molecule has 0 bridgehead atoms. The minimum Gasteiger partial charge on any atom is -0.394 e. The van der Waals surface area contributed by atoms with Crippen molar-refractivity contribution in [1.29, 1.82) is 0 Å². The Bertz CT molecular complexity index is 642. The van der Waals surface area contributed by atoms with Crippen molar-refractivity contribution in [3.05, 3.63) is 35.4 Å². The minimum absolute atomic E-state index is 0.139. The molecule has 1 aromatic carbocycles. The van der Waals surface area contributed by atoms with Crippen LogP contribution in [0.15, 0.2) is 24.3 Å². The Kier molecular flexibility index (Phi) is 12.2. The Hall–Kier alpha value is -1.02. The Labute approximate surface area is 193 Å². The van der Waals surface area contributed by atoms with Crippen LogP contribution in [0, 0.1) is 5.92 Å². The van der Waals surface area contributed by atoms with Crippen molar-refractivity contribution in [2.24, 2.45) is 5.92 Å². The van der Waals surface area contributed by atoms with Gasteiger partial charge in [0.1, 0.15) is 18.3 Å². The van der Waals surface area contributed by atoms with E-state index in [1.165, 1.54) is 63.4 Å². The Morgan fingerprint density at radius 1 is 0.875 bits per heavy atom. The second-order valence-electron chi connectivity index (χ2n) is 9.88. The van der Waals surface area contributed by atoms with E-state index in [0.717, 1.165) is 5.56 Å². The van der Waals surface area contributed by atoms with Crippen molar-refractivity contribution in [2.75, 3.05) is 20.2 Å². The summed E-state index contributed by atoms with van der Waals surface area (Å²) in [5.74, 6) is 1.23. The van der Waals surface area contributed by atoms with Gasteiger partial charge in [-0.3, -0.25) is 4.90 Å². The van der Waals surface area contributed by atoms with Gasteiger partial charge in [-0.25, -0.2) is 0 Å². The van der Waals surface area contributed by atoms with E-state index in [4.69, 9.17) is 5.11 Å². The first kappa shape index (κ1) is 27.2. The van der Waals surface area contributed by atoms with Crippen molar-refractivity contribution < 1.29 is 25.5 Å². The highest BCUT2D eigenvalue weighted by Crippen LogP contribution is 2.34. The van der Waals surface area contributed by atoms with E-state index in [2.05, 4.69) is 31.2 Å². The molecule has 6 unspecified atom stereocenters. The zero-order valence-electron chi connectivity index (χ0n) is 19.9.